The Hall–Kier alpha value is -1.56. The van der Waals surface area contributed by atoms with Gasteiger partial charge in [-0.2, -0.15) is 0 Å². The molecule has 3 N–H and O–H groups in total. The number of ether oxygens (including phenoxy) is 1. The van der Waals surface area contributed by atoms with Crippen LogP contribution in [0.3, 0.4) is 0 Å². The summed E-state index contributed by atoms with van der Waals surface area (Å²) in [7, 11) is 0. The zero-order valence-corrected chi connectivity index (χ0v) is 13.7. The van der Waals surface area contributed by atoms with E-state index in [0.29, 0.717) is 27.4 Å². The first-order valence-corrected chi connectivity index (χ1v) is 7.36. The van der Waals surface area contributed by atoms with Gasteiger partial charge in [-0.15, -0.1) is 0 Å². The summed E-state index contributed by atoms with van der Waals surface area (Å²) >= 11 is 9.50. The molecular formula is C15H14BrClN2O2. The van der Waals surface area contributed by atoms with E-state index >= 15 is 0 Å². The number of aryl methyl sites for hydroxylation is 1. The Balaban J connectivity index is 2.17. The third-order valence-corrected chi connectivity index (χ3v) is 3.77. The molecule has 0 bridgehead atoms. The quantitative estimate of drug-likeness (QED) is 0.492. The summed E-state index contributed by atoms with van der Waals surface area (Å²) < 4.78 is 6.32. The number of hydrazine groups is 1. The van der Waals surface area contributed by atoms with Crippen LogP contribution in [0, 0.1) is 6.92 Å². The van der Waals surface area contributed by atoms with Gasteiger partial charge in [-0.3, -0.25) is 10.2 Å². The second kappa shape index (κ2) is 6.93. The molecular weight excluding hydrogens is 356 g/mol. The van der Waals surface area contributed by atoms with E-state index in [-0.39, 0.29) is 0 Å². The molecule has 0 heterocycles. The zero-order valence-electron chi connectivity index (χ0n) is 11.3. The van der Waals surface area contributed by atoms with Gasteiger partial charge in [0.15, 0.2) is 5.75 Å². The smallest absolute Gasteiger partial charge is 0.265 e. The van der Waals surface area contributed by atoms with Gasteiger partial charge in [0.25, 0.3) is 5.91 Å². The second-order valence-corrected chi connectivity index (χ2v) is 5.78. The number of nitrogen functional groups attached to an aromatic ring is 1. The molecule has 0 aliphatic rings. The van der Waals surface area contributed by atoms with Gasteiger partial charge in [-0.05, 0) is 40.5 Å². The van der Waals surface area contributed by atoms with E-state index in [1.165, 1.54) is 11.6 Å². The topological polar surface area (TPSA) is 64.3 Å². The van der Waals surface area contributed by atoms with E-state index in [2.05, 4.69) is 21.4 Å². The minimum atomic E-state index is -0.414. The third-order valence-electron chi connectivity index (χ3n) is 2.90. The molecule has 1 amide bonds. The molecule has 6 heteroatoms. The number of hydrogen-bond donors (Lipinski definition) is 2. The lowest BCUT2D eigenvalue weighted by molar-refractivity contribution is 0.0953. The van der Waals surface area contributed by atoms with Crippen molar-refractivity contribution in [3.63, 3.8) is 0 Å². The second-order valence-electron chi connectivity index (χ2n) is 4.52. The lowest BCUT2D eigenvalue weighted by Crippen LogP contribution is -2.29. The van der Waals surface area contributed by atoms with Crippen molar-refractivity contribution in [1.82, 2.24) is 5.43 Å². The highest BCUT2D eigenvalue weighted by Crippen LogP contribution is 2.35. The molecule has 0 spiro atoms. The lowest BCUT2D eigenvalue weighted by atomic mass is 10.2. The maximum absolute atomic E-state index is 11.5. The van der Waals surface area contributed by atoms with Crippen LogP contribution in [0.2, 0.25) is 5.02 Å². The van der Waals surface area contributed by atoms with Crippen molar-refractivity contribution >= 4 is 33.4 Å². The summed E-state index contributed by atoms with van der Waals surface area (Å²) in [6.45, 7) is 2.42. The Kier molecular flexibility index (Phi) is 5.22. The van der Waals surface area contributed by atoms with E-state index in [1.807, 2.05) is 31.2 Å². The number of carbonyl (C=O) groups is 1. The molecule has 0 saturated heterocycles. The van der Waals surface area contributed by atoms with E-state index in [0.717, 1.165) is 5.56 Å². The van der Waals surface area contributed by atoms with Crippen molar-refractivity contribution in [3.8, 4) is 5.75 Å². The highest BCUT2D eigenvalue weighted by molar-refractivity contribution is 9.10. The molecule has 2 aromatic rings. The number of hydrogen-bond acceptors (Lipinski definition) is 3. The van der Waals surface area contributed by atoms with Crippen LogP contribution in [-0.2, 0) is 6.61 Å². The molecule has 4 nitrogen and oxygen atoms in total. The summed E-state index contributed by atoms with van der Waals surface area (Å²) in [5.74, 6) is 5.18. The summed E-state index contributed by atoms with van der Waals surface area (Å²) in [6.07, 6.45) is 0. The summed E-state index contributed by atoms with van der Waals surface area (Å²) in [5, 5.41) is 0.343. The number of nitrogens with one attached hydrogen (secondary N) is 1. The average molecular weight is 370 g/mol. The molecule has 0 radical (unpaired) electrons. The van der Waals surface area contributed by atoms with E-state index in [1.54, 1.807) is 6.07 Å². The maximum atomic E-state index is 11.5. The third kappa shape index (κ3) is 3.97. The van der Waals surface area contributed by atoms with Gasteiger partial charge in [0, 0.05) is 5.56 Å². The molecule has 110 valence electrons. The molecule has 0 saturated carbocycles. The minimum Gasteiger partial charge on any atom is -0.486 e. The fourth-order valence-corrected chi connectivity index (χ4v) is 2.71. The highest BCUT2D eigenvalue weighted by atomic mass is 79.9. The summed E-state index contributed by atoms with van der Waals surface area (Å²) in [5.41, 5.74) is 4.64. The van der Waals surface area contributed by atoms with Crippen LogP contribution in [-0.4, -0.2) is 5.91 Å². The molecule has 0 fully saturated rings. The minimum absolute atomic E-state index is 0.343. The molecule has 0 unspecified atom stereocenters. The van der Waals surface area contributed by atoms with Crippen LogP contribution < -0.4 is 16.0 Å². The van der Waals surface area contributed by atoms with E-state index < -0.39 is 5.91 Å². The summed E-state index contributed by atoms with van der Waals surface area (Å²) in [6, 6.07) is 11.1. The number of halogens is 2. The average Bonchev–Trinajstić information content (AvgIpc) is 2.47. The fraction of sp³-hybridized carbons (Fsp3) is 0.133. The van der Waals surface area contributed by atoms with Crippen molar-refractivity contribution < 1.29 is 9.53 Å². The molecule has 0 aromatic heterocycles. The van der Waals surface area contributed by atoms with Crippen molar-refractivity contribution in [3.05, 3.63) is 62.6 Å². The van der Waals surface area contributed by atoms with Gasteiger partial charge < -0.3 is 4.74 Å². The van der Waals surface area contributed by atoms with Crippen LogP contribution in [0.15, 0.2) is 40.9 Å². The molecule has 0 aliphatic carbocycles. The number of nitrogens with two attached hydrogens (primary N) is 1. The first kappa shape index (κ1) is 15.8. The number of amides is 1. The van der Waals surface area contributed by atoms with Gasteiger partial charge in [0.2, 0.25) is 0 Å². The van der Waals surface area contributed by atoms with Crippen LogP contribution in [0.25, 0.3) is 0 Å². The number of benzene rings is 2. The van der Waals surface area contributed by atoms with E-state index in [9.17, 15) is 4.79 Å². The predicted octanol–water partition coefficient (Wildman–Crippen LogP) is 3.59. The lowest BCUT2D eigenvalue weighted by Gasteiger charge is -2.12. The maximum Gasteiger partial charge on any atom is 0.265 e. The Morgan fingerprint density at radius 2 is 2.00 bits per heavy atom. The van der Waals surface area contributed by atoms with Crippen molar-refractivity contribution in [1.29, 1.82) is 0 Å². The normalized spacial score (nSPS) is 10.3. The molecule has 21 heavy (non-hydrogen) atoms. The van der Waals surface area contributed by atoms with Crippen molar-refractivity contribution in [2.75, 3.05) is 0 Å². The fourth-order valence-electron chi connectivity index (χ4n) is 1.75. The van der Waals surface area contributed by atoms with Gasteiger partial charge in [0.05, 0.1) is 9.50 Å². The van der Waals surface area contributed by atoms with Gasteiger partial charge in [-0.1, -0.05) is 41.4 Å². The van der Waals surface area contributed by atoms with Gasteiger partial charge in [0.1, 0.15) is 6.61 Å². The molecule has 2 rings (SSSR count). The first-order valence-electron chi connectivity index (χ1n) is 6.19. The van der Waals surface area contributed by atoms with Gasteiger partial charge >= 0.3 is 0 Å². The molecule has 0 aliphatic heterocycles. The van der Waals surface area contributed by atoms with Crippen molar-refractivity contribution in [2.24, 2.45) is 5.84 Å². The first-order chi connectivity index (χ1) is 10.0. The van der Waals surface area contributed by atoms with Crippen LogP contribution in [0.5, 0.6) is 5.75 Å². The van der Waals surface area contributed by atoms with Crippen LogP contribution in [0.4, 0.5) is 0 Å². The number of carbonyl (C=O) groups excluding carboxylic acids is 1. The Morgan fingerprint density at radius 1 is 1.33 bits per heavy atom. The predicted molar refractivity (Wildman–Crippen MR) is 86.3 cm³/mol. The SMILES string of the molecule is Cc1ccc(COc2c(Cl)cc(C(=O)NN)cc2Br)cc1. The molecule has 0 atom stereocenters. The van der Waals surface area contributed by atoms with Crippen LogP contribution >= 0.6 is 27.5 Å². The highest BCUT2D eigenvalue weighted by Gasteiger charge is 2.13. The standard InChI is InChI=1S/C15H14BrClN2O2/c1-9-2-4-10(5-3-9)8-21-14-12(16)6-11(7-13(14)17)15(20)19-18/h2-7H,8,18H2,1H3,(H,19,20). The Morgan fingerprint density at radius 3 is 2.57 bits per heavy atom. The van der Waals surface area contributed by atoms with Crippen LogP contribution in [0.1, 0.15) is 21.5 Å². The zero-order chi connectivity index (χ0) is 15.4. The Labute approximate surface area is 136 Å². The van der Waals surface area contributed by atoms with Crippen molar-refractivity contribution in [2.45, 2.75) is 13.5 Å². The number of rotatable bonds is 4. The Bertz CT molecular complexity index is 636. The summed E-state index contributed by atoms with van der Waals surface area (Å²) in [4.78, 5) is 11.5. The molecule has 2 aromatic carbocycles. The van der Waals surface area contributed by atoms with Gasteiger partial charge in [-0.25, -0.2) is 5.84 Å². The van der Waals surface area contributed by atoms with E-state index in [4.69, 9.17) is 22.2 Å². The monoisotopic (exact) mass is 368 g/mol. The largest absolute Gasteiger partial charge is 0.486 e.